The molecule has 0 unspecified atom stereocenters. The van der Waals surface area contributed by atoms with Gasteiger partial charge >= 0.3 is 0 Å². The second-order valence-electron chi connectivity index (χ2n) is 7.77. The number of carbonyl (C=O) groups is 1. The number of ether oxygens (including phenoxy) is 2. The lowest BCUT2D eigenvalue weighted by atomic mass is 10.3. The van der Waals surface area contributed by atoms with Crippen molar-refractivity contribution in [3.63, 3.8) is 0 Å². The van der Waals surface area contributed by atoms with Gasteiger partial charge in [0.25, 0.3) is 5.91 Å². The van der Waals surface area contributed by atoms with Crippen molar-refractivity contribution in [1.29, 1.82) is 0 Å². The fourth-order valence-electron chi connectivity index (χ4n) is 3.42. The molecule has 3 aromatic rings. The van der Waals surface area contributed by atoms with E-state index in [0.29, 0.717) is 36.7 Å². The molecule has 0 saturated carbocycles. The van der Waals surface area contributed by atoms with Gasteiger partial charge in [0.05, 0.1) is 31.3 Å². The number of para-hydroxylation sites is 1. The molecule has 0 bridgehead atoms. The van der Waals surface area contributed by atoms with E-state index in [0.717, 1.165) is 29.9 Å². The second-order valence-corrected chi connectivity index (χ2v) is 9.31. The summed E-state index contributed by atoms with van der Waals surface area (Å²) in [5, 5.41) is 9.17. The summed E-state index contributed by atoms with van der Waals surface area (Å²) in [6.07, 6.45) is 1.77. The Labute approximate surface area is 195 Å². The number of hydrogen-bond acceptors (Lipinski definition) is 8. The number of aromatic nitrogens is 4. The number of nitrogens with zero attached hydrogens (tertiary/aromatic N) is 5. The van der Waals surface area contributed by atoms with Gasteiger partial charge in [-0.05, 0) is 12.1 Å². The average Bonchev–Trinajstić information content (AvgIpc) is 3.21. The zero-order valence-electron chi connectivity index (χ0n) is 18.7. The van der Waals surface area contributed by atoms with Gasteiger partial charge in [-0.3, -0.25) is 4.79 Å². The van der Waals surface area contributed by atoms with Crippen LogP contribution in [0.1, 0.15) is 13.8 Å². The van der Waals surface area contributed by atoms with Crippen LogP contribution in [-0.2, 0) is 16.1 Å². The van der Waals surface area contributed by atoms with Crippen LogP contribution < -0.4 is 15.0 Å². The van der Waals surface area contributed by atoms with Crippen molar-refractivity contribution in [2.45, 2.75) is 30.8 Å². The Kier molecular flexibility index (Phi) is 7.61. The molecule has 1 N–H and O–H groups in total. The molecule has 33 heavy (non-hydrogen) atoms. The van der Waals surface area contributed by atoms with Gasteiger partial charge < -0.3 is 19.7 Å². The molecule has 1 amide bonds. The Hall–Kier alpha value is -2.92. The molecule has 1 aliphatic rings. The summed E-state index contributed by atoms with van der Waals surface area (Å²) >= 11 is 1.60. The van der Waals surface area contributed by atoms with Crippen molar-refractivity contribution in [3.05, 3.63) is 36.3 Å². The minimum atomic E-state index is -0.501. The molecule has 0 aliphatic carbocycles. The molecule has 1 saturated heterocycles. The van der Waals surface area contributed by atoms with Crippen LogP contribution in [0.4, 0.5) is 10.2 Å². The summed E-state index contributed by atoms with van der Waals surface area (Å²) in [5.41, 5.74) is 0.728. The Morgan fingerprint density at radius 2 is 2.06 bits per heavy atom. The quantitative estimate of drug-likeness (QED) is 0.374. The van der Waals surface area contributed by atoms with Crippen molar-refractivity contribution >= 4 is 34.5 Å². The molecular weight excluding hydrogens is 447 g/mol. The summed E-state index contributed by atoms with van der Waals surface area (Å²) < 4.78 is 26.1. The molecule has 4 rings (SSSR count). The first-order valence-corrected chi connectivity index (χ1v) is 11.8. The number of nitrogens with one attached hydrogen (secondary N) is 1. The maximum atomic E-state index is 13.6. The number of morpholine rings is 1. The molecule has 1 fully saturated rings. The second kappa shape index (κ2) is 10.8. The van der Waals surface area contributed by atoms with E-state index in [9.17, 15) is 9.18 Å². The zero-order chi connectivity index (χ0) is 23.2. The highest BCUT2D eigenvalue weighted by Gasteiger charge is 2.20. The van der Waals surface area contributed by atoms with E-state index >= 15 is 0 Å². The van der Waals surface area contributed by atoms with Gasteiger partial charge in [0, 0.05) is 24.9 Å². The Balaban J connectivity index is 1.43. The molecule has 3 heterocycles. The van der Waals surface area contributed by atoms with Crippen LogP contribution in [0.5, 0.6) is 5.75 Å². The van der Waals surface area contributed by atoms with Gasteiger partial charge in [0.1, 0.15) is 5.82 Å². The van der Waals surface area contributed by atoms with Gasteiger partial charge in [-0.15, -0.1) is 0 Å². The fourth-order valence-corrected chi connectivity index (χ4v) is 4.12. The third-order valence-corrected chi connectivity index (χ3v) is 5.81. The minimum absolute atomic E-state index is 0.0493. The molecule has 1 aromatic carbocycles. The van der Waals surface area contributed by atoms with Gasteiger partial charge in [-0.2, -0.15) is 5.10 Å². The van der Waals surface area contributed by atoms with E-state index in [1.54, 1.807) is 34.8 Å². The first-order chi connectivity index (χ1) is 16.0. The SMILES string of the molecule is CC(C)Sc1nc(N2CCOCC2)c2cnn(CCNC(=O)COc3ccccc3F)c2n1. The van der Waals surface area contributed by atoms with Crippen molar-refractivity contribution in [1.82, 2.24) is 25.1 Å². The number of halogens is 1. The fraction of sp³-hybridized carbons (Fsp3) is 0.455. The molecule has 0 radical (unpaired) electrons. The topological polar surface area (TPSA) is 94.4 Å². The maximum Gasteiger partial charge on any atom is 0.258 e. The predicted octanol–water partition coefficient (Wildman–Crippen LogP) is 2.50. The Bertz CT molecular complexity index is 1100. The van der Waals surface area contributed by atoms with E-state index in [1.165, 1.54) is 12.1 Å². The van der Waals surface area contributed by atoms with E-state index in [1.807, 2.05) is 0 Å². The standard InChI is InChI=1S/C22H27FN6O3S/c1-15(2)33-22-26-20(28-9-11-31-12-10-28)16-13-25-29(21(16)27-22)8-7-24-19(30)14-32-18-6-4-3-5-17(18)23/h3-6,13,15H,7-12,14H2,1-2H3,(H,24,30). The lowest BCUT2D eigenvalue weighted by Gasteiger charge is -2.28. The molecule has 0 atom stereocenters. The number of fused-ring (bicyclic) bond motifs is 1. The smallest absolute Gasteiger partial charge is 0.258 e. The molecule has 176 valence electrons. The number of carbonyl (C=O) groups excluding carboxylic acids is 1. The van der Waals surface area contributed by atoms with E-state index in [2.05, 4.69) is 29.2 Å². The van der Waals surface area contributed by atoms with Crippen molar-refractivity contribution in [2.75, 3.05) is 44.4 Å². The first kappa shape index (κ1) is 23.2. The van der Waals surface area contributed by atoms with Gasteiger partial charge in [0.15, 0.2) is 29.0 Å². The van der Waals surface area contributed by atoms with Crippen molar-refractivity contribution in [3.8, 4) is 5.75 Å². The van der Waals surface area contributed by atoms with Gasteiger partial charge in [-0.1, -0.05) is 37.7 Å². The van der Waals surface area contributed by atoms with E-state index in [-0.39, 0.29) is 18.3 Å². The normalized spacial score (nSPS) is 14.1. The Morgan fingerprint density at radius 1 is 1.27 bits per heavy atom. The van der Waals surface area contributed by atoms with Gasteiger partial charge in [-0.25, -0.2) is 19.0 Å². The summed E-state index contributed by atoms with van der Waals surface area (Å²) in [6.45, 7) is 7.55. The monoisotopic (exact) mass is 474 g/mol. The van der Waals surface area contributed by atoms with Crippen LogP contribution in [0.15, 0.2) is 35.6 Å². The molecule has 0 spiro atoms. The van der Waals surface area contributed by atoms with E-state index < -0.39 is 5.82 Å². The van der Waals surface area contributed by atoms with Crippen LogP contribution in [0.2, 0.25) is 0 Å². The average molecular weight is 475 g/mol. The highest BCUT2D eigenvalue weighted by molar-refractivity contribution is 7.99. The first-order valence-electron chi connectivity index (χ1n) is 10.9. The van der Waals surface area contributed by atoms with Crippen LogP contribution in [0.3, 0.4) is 0 Å². The van der Waals surface area contributed by atoms with Crippen molar-refractivity contribution in [2.24, 2.45) is 0 Å². The number of anilines is 1. The summed E-state index contributed by atoms with van der Waals surface area (Å²) in [6, 6.07) is 5.99. The lowest BCUT2D eigenvalue weighted by Crippen LogP contribution is -2.37. The third kappa shape index (κ3) is 5.91. The minimum Gasteiger partial charge on any atom is -0.481 e. The zero-order valence-corrected chi connectivity index (χ0v) is 19.5. The molecule has 11 heteroatoms. The largest absolute Gasteiger partial charge is 0.481 e. The Morgan fingerprint density at radius 3 is 2.82 bits per heavy atom. The third-order valence-electron chi connectivity index (χ3n) is 4.95. The van der Waals surface area contributed by atoms with E-state index in [4.69, 9.17) is 19.4 Å². The van der Waals surface area contributed by atoms with Crippen LogP contribution in [-0.4, -0.2) is 70.4 Å². The predicted molar refractivity (Wildman–Crippen MR) is 124 cm³/mol. The maximum absolute atomic E-state index is 13.6. The molecule has 9 nitrogen and oxygen atoms in total. The van der Waals surface area contributed by atoms with Crippen LogP contribution in [0.25, 0.3) is 11.0 Å². The number of amides is 1. The number of thioether (sulfide) groups is 1. The van der Waals surface area contributed by atoms with Gasteiger partial charge in [0.2, 0.25) is 0 Å². The summed E-state index contributed by atoms with van der Waals surface area (Å²) in [7, 11) is 0. The molecular formula is C22H27FN6O3S. The number of hydrogen-bond donors (Lipinski definition) is 1. The number of benzene rings is 1. The highest BCUT2D eigenvalue weighted by atomic mass is 32.2. The lowest BCUT2D eigenvalue weighted by molar-refractivity contribution is -0.123. The molecule has 2 aromatic heterocycles. The van der Waals surface area contributed by atoms with Crippen LogP contribution in [0, 0.1) is 5.82 Å². The summed E-state index contributed by atoms with van der Waals surface area (Å²) in [5.74, 6) is 0.0711. The number of rotatable bonds is 9. The van der Waals surface area contributed by atoms with Crippen LogP contribution >= 0.6 is 11.8 Å². The van der Waals surface area contributed by atoms with Crippen molar-refractivity contribution < 1.29 is 18.7 Å². The highest BCUT2D eigenvalue weighted by Crippen LogP contribution is 2.29. The summed E-state index contributed by atoms with van der Waals surface area (Å²) in [4.78, 5) is 23.8. The molecule has 1 aliphatic heterocycles.